The maximum atomic E-state index is 12.4. The summed E-state index contributed by atoms with van der Waals surface area (Å²) in [6.07, 6.45) is -9.54. The third kappa shape index (κ3) is 2.80. The van der Waals surface area contributed by atoms with Gasteiger partial charge < -0.3 is 0 Å². The highest BCUT2D eigenvalue weighted by atomic mass is 127. The van der Waals surface area contributed by atoms with E-state index in [2.05, 4.69) is 0 Å². The van der Waals surface area contributed by atoms with E-state index in [0.717, 1.165) is 0 Å². The normalized spacial score (nSPS) is 13.0. The highest BCUT2D eigenvalue weighted by molar-refractivity contribution is 14.1. The molecule has 0 unspecified atom stereocenters. The molecule has 0 saturated carbocycles. The minimum absolute atomic E-state index is 0.0391. The Hall–Kier alpha value is -0.470. The van der Waals surface area contributed by atoms with Crippen LogP contribution in [0.1, 0.15) is 16.7 Å². The zero-order valence-corrected chi connectivity index (χ0v) is 9.96. The van der Waals surface area contributed by atoms with Crippen molar-refractivity contribution >= 4 is 22.6 Å². The van der Waals surface area contributed by atoms with Crippen LogP contribution in [-0.2, 0) is 12.4 Å². The number of rotatable bonds is 0. The minimum atomic E-state index is -4.78. The van der Waals surface area contributed by atoms with Gasteiger partial charge >= 0.3 is 12.4 Å². The fraction of sp³-hybridized carbons (Fsp3) is 0.333. The van der Waals surface area contributed by atoms with Crippen LogP contribution in [0.5, 0.6) is 0 Å². The first-order chi connectivity index (χ1) is 7.03. The molecule has 0 bridgehead atoms. The molecule has 1 aromatic carbocycles. The quantitative estimate of drug-likeness (QED) is 0.471. The van der Waals surface area contributed by atoms with E-state index in [1.165, 1.54) is 29.5 Å². The van der Waals surface area contributed by atoms with Gasteiger partial charge in [0.05, 0.1) is 11.1 Å². The third-order valence-corrected chi connectivity index (χ3v) is 3.32. The minimum Gasteiger partial charge on any atom is -0.166 e. The molecular weight excluding hydrogens is 349 g/mol. The Morgan fingerprint density at radius 3 is 1.81 bits per heavy atom. The predicted molar refractivity (Wildman–Crippen MR) is 53.9 cm³/mol. The second-order valence-electron chi connectivity index (χ2n) is 3.15. The molecular formula is C9H5F6I. The molecule has 16 heavy (non-hydrogen) atoms. The van der Waals surface area contributed by atoms with Gasteiger partial charge in [-0.25, -0.2) is 0 Å². The van der Waals surface area contributed by atoms with Gasteiger partial charge in [0.15, 0.2) is 0 Å². The van der Waals surface area contributed by atoms with Crippen LogP contribution in [0.25, 0.3) is 0 Å². The van der Waals surface area contributed by atoms with E-state index in [1.54, 1.807) is 0 Å². The lowest BCUT2D eigenvalue weighted by atomic mass is 10.1. The maximum absolute atomic E-state index is 12.4. The number of halogens is 7. The molecule has 0 aliphatic heterocycles. The first-order valence-electron chi connectivity index (χ1n) is 3.98. The Kier molecular flexibility index (Phi) is 3.47. The summed E-state index contributed by atoms with van der Waals surface area (Å²) in [5.41, 5.74) is -2.57. The van der Waals surface area contributed by atoms with Crippen LogP contribution in [0.2, 0.25) is 0 Å². The van der Waals surface area contributed by atoms with Crippen LogP contribution in [-0.4, -0.2) is 0 Å². The SMILES string of the molecule is Cc1cc(C(F)(F)F)cc(C(F)(F)F)c1I. The van der Waals surface area contributed by atoms with E-state index in [9.17, 15) is 26.3 Å². The summed E-state index contributed by atoms with van der Waals surface area (Å²) < 4.78 is 74.0. The van der Waals surface area contributed by atoms with E-state index < -0.39 is 23.5 Å². The van der Waals surface area contributed by atoms with Gasteiger partial charge in [0.2, 0.25) is 0 Å². The molecule has 7 heteroatoms. The molecule has 0 nitrogen and oxygen atoms in total. The number of benzene rings is 1. The molecule has 0 N–H and O–H groups in total. The lowest BCUT2D eigenvalue weighted by molar-refractivity contribution is -0.143. The van der Waals surface area contributed by atoms with E-state index >= 15 is 0 Å². The molecule has 90 valence electrons. The molecule has 1 rings (SSSR count). The highest BCUT2D eigenvalue weighted by Gasteiger charge is 2.38. The first kappa shape index (κ1) is 13.6. The number of hydrogen-bond acceptors (Lipinski definition) is 0. The standard InChI is InChI=1S/C9H5F6I/c1-4-2-5(8(10,11)12)3-6(7(4)16)9(13,14)15/h2-3H,1H3. The molecule has 0 saturated heterocycles. The lowest BCUT2D eigenvalue weighted by Gasteiger charge is -2.15. The van der Waals surface area contributed by atoms with Gasteiger partial charge in [-0.15, -0.1) is 0 Å². The zero-order valence-electron chi connectivity index (χ0n) is 7.80. The summed E-state index contributed by atoms with van der Waals surface area (Å²) in [6.45, 7) is 1.21. The summed E-state index contributed by atoms with van der Waals surface area (Å²) in [6, 6.07) is 0.839. The Bertz CT molecular complexity index is 404. The first-order valence-corrected chi connectivity index (χ1v) is 5.06. The second kappa shape index (κ2) is 4.08. The molecule has 0 radical (unpaired) electrons. The largest absolute Gasteiger partial charge is 0.417 e. The summed E-state index contributed by atoms with van der Waals surface area (Å²) in [5.74, 6) is 0. The predicted octanol–water partition coefficient (Wildman–Crippen LogP) is 4.64. The van der Waals surface area contributed by atoms with Gasteiger partial charge in [-0.2, -0.15) is 26.3 Å². The van der Waals surface area contributed by atoms with Crippen molar-refractivity contribution in [1.29, 1.82) is 0 Å². The highest BCUT2D eigenvalue weighted by Crippen LogP contribution is 2.39. The van der Waals surface area contributed by atoms with Crippen molar-refractivity contribution < 1.29 is 26.3 Å². The van der Waals surface area contributed by atoms with Crippen molar-refractivity contribution in [2.45, 2.75) is 19.3 Å². The van der Waals surface area contributed by atoms with Crippen LogP contribution >= 0.6 is 22.6 Å². The van der Waals surface area contributed by atoms with Crippen molar-refractivity contribution in [3.63, 3.8) is 0 Å². The van der Waals surface area contributed by atoms with E-state index in [1.807, 2.05) is 0 Å². The summed E-state index contributed by atoms with van der Waals surface area (Å²) in [4.78, 5) is 0. The summed E-state index contributed by atoms with van der Waals surface area (Å²) >= 11 is 1.39. The fourth-order valence-electron chi connectivity index (χ4n) is 1.14. The van der Waals surface area contributed by atoms with Crippen LogP contribution < -0.4 is 0 Å². The van der Waals surface area contributed by atoms with Gasteiger partial charge in [-0.05, 0) is 47.2 Å². The molecule has 0 aliphatic carbocycles. The second-order valence-corrected chi connectivity index (χ2v) is 4.23. The van der Waals surface area contributed by atoms with E-state index in [4.69, 9.17) is 0 Å². The van der Waals surface area contributed by atoms with Crippen LogP contribution in [0.3, 0.4) is 0 Å². The third-order valence-electron chi connectivity index (χ3n) is 1.89. The molecule has 0 spiro atoms. The van der Waals surface area contributed by atoms with Crippen molar-refractivity contribution in [1.82, 2.24) is 0 Å². The number of aryl methyl sites for hydroxylation is 1. The van der Waals surface area contributed by atoms with Crippen molar-refractivity contribution in [2.75, 3.05) is 0 Å². The Morgan fingerprint density at radius 1 is 0.938 bits per heavy atom. The van der Waals surface area contributed by atoms with Crippen molar-refractivity contribution in [3.8, 4) is 0 Å². The van der Waals surface area contributed by atoms with Crippen LogP contribution in [0, 0.1) is 10.5 Å². The molecule has 0 aromatic heterocycles. The van der Waals surface area contributed by atoms with Gasteiger partial charge in [0.25, 0.3) is 0 Å². The molecule has 0 aliphatic rings. The average Bonchev–Trinajstić information content (AvgIpc) is 2.05. The molecule has 0 heterocycles. The molecule has 0 amide bonds. The molecule has 0 fully saturated rings. The number of alkyl halides is 6. The Morgan fingerprint density at radius 2 is 1.44 bits per heavy atom. The van der Waals surface area contributed by atoms with Gasteiger partial charge in [-0.3, -0.25) is 0 Å². The van der Waals surface area contributed by atoms with Crippen molar-refractivity contribution in [3.05, 3.63) is 32.4 Å². The molecule has 0 atom stereocenters. The fourth-order valence-corrected chi connectivity index (χ4v) is 1.76. The Balaban J connectivity index is 3.46. The lowest BCUT2D eigenvalue weighted by Crippen LogP contribution is -2.13. The number of hydrogen-bond donors (Lipinski definition) is 0. The maximum Gasteiger partial charge on any atom is 0.417 e. The average molecular weight is 354 g/mol. The van der Waals surface area contributed by atoms with E-state index in [0.29, 0.717) is 6.07 Å². The van der Waals surface area contributed by atoms with E-state index in [-0.39, 0.29) is 15.2 Å². The van der Waals surface area contributed by atoms with Crippen LogP contribution in [0.4, 0.5) is 26.3 Å². The van der Waals surface area contributed by atoms with Gasteiger partial charge in [0.1, 0.15) is 0 Å². The van der Waals surface area contributed by atoms with Gasteiger partial charge in [0, 0.05) is 3.57 Å². The topological polar surface area (TPSA) is 0 Å². The Labute approximate surface area is 101 Å². The van der Waals surface area contributed by atoms with Crippen LogP contribution in [0.15, 0.2) is 12.1 Å². The summed E-state index contributed by atoms with van der Waals surface area (Å²) in [5, 5.41) is 0. The van der Waals surface area contributed by atoms with Crippen molar-refractivity contribution in [2.24, 2.45) is 0 Å². The smallest absolute Gasteiger partial charge is 0.166 e. The zero-order chi connectivity index (χ0) is 12.7. The molecule has 1 aromatic rings. The summed E-state index contributed by atoms with van der Waals surface area (Å²) in [7, 11) is 0. The monoisotopic (exact) mass is 354 g/mol. The van der Waals surface area contributed by atoms with Gasteiger partial charge in [-0.1, -0.05) is 0 Å².